The van der Waals surface area contributed by atoms with Crippen molar-refractivity contribution in [2.75, 3.05) is 18.4 Å². The molecule has 0 aromatic carbocycles. The molecule has 5 nitrogen and oxygen atoms in total. The summed E-state index contributed by atoms with van der Waals surface area (Å²) in [5.74, 6) is 0.545. The van der Waals surface area contributed by atoms with Crippen molar-refractivity contribution in [3.05, 3.63) is 11.8 Å². The van der Waals surface area contributed by atoms with Gasteiger partial charge in [0.2, 0.25) is 5.91 Å². The van der Waals surface area contributed by atoms with E-state index in [2.05, 4.69) is 10.4 Å². The maximum absolute atomic E-state index is 13.3. The number of anilines is 1. The van der Waals surface area contributed by atoms with E-state index in [4.69, 9.17) is 0 Å². The zero-order chi connectivity index (χ0) is 17.5. The highest BCUT2D eigenvalue weighted by molar-refractivity contribution is 5.76. The van der Waals surface area contributed by atoms with Crippen LogP contribution in [0.25, 0.3) is 0 Å². The van der Waals surface area contributed by atoms with Crippen molar-refractivity contribution in [1.29, 1.82) is 0 Å². The second-order valence-electron chi connectivity index (χ2n) is 6.81. The number of alkyl halides is 3. The van der Waals surface area contributed by atoms with Gasteiger partial charge in [-0.3, -0.25) is 4.79 Å². The molecule has 0 radical (unpaired) electrons. The highest BCUT2D eigenvalue weighted by atomic mass is 19.4. The maximum Gasteiger partial charge on any atom is 0.410 e. The minimum Gasteiger partial charge on any atom is -0.368 e. The molecular weight excluding hydrogens is 321 g/mol. The second-order valence-corrected chi connectivity index (χ2v) is 6.81. The number of carbonyl (C=O) groups is 1. The summed E-state index contributed by atoms with van der Waals surface area (Å²) in [5, 5.41) is 7.33. The molecule has 1 amide bonds. The Morgan fingerprint density at radius 1 is 1.46 bits per heavy atom. The van der Waals surface area contributed by atoms with Crippen molar-refractivity contribution < 1.29 is 18.0 Å². The van der Waals surface area contributed by atoms with Gasteiger partial charge in [-0.2, -0.15) is 18.3 Å². The number of halogens is 3. The van der Waals surface area contributed by atoms with E-state index in [1.165, 1.54) is 0 Å². The molecule has 0 bridgehead atoms. The summed E-state index contributed by atoms with van der Waals surface area (Å²) in [7, 11) is 0. The normalized spacial score (nSPS) is 27.0. The van der Waals surface area contributed by atoms with Crippen LogP contribution in [0.5, 0.6) is 0 Å². The first-order chi connectivity index (χ1) is 11.3. The number of aromatic nitrogens is 2. The number of hydrogen-bond donors (Lipinski definition) is 1. The highest BCUT2D eigenvalue weighted by Crippen LogP contribution is 2.40. The van der Waals surface area contributed by atoms with E-state index in [9.17, 15) is 18.0 Å². The lowest BCUT2D eigenvalue weighted by Crippen LogP contribution is -2.37. The number of nitrogens with one attached hydrogen (secondary N) is 1. The van der Waals surface area contributed by atoms with E-state index < -0.39 is 12.2 Å². The van der Waals surface area contributed by atoms with Gasteiger partial charge in [-0.15, -0.1) is 0 Å². The van der Waals surface area contributed by atoms with E-state index in [0.717, 1.165) is 17.5 Å². The Morgan fingerprint density at radius 2 is 2.21 bits per heavy atom. The van der Waals surface area contributed by atoms with Crippen LogP contribution in [0.2, 0.25) is 0 Å². The number of fused-ring (bicyclic) bond motifs is 1. The Bertz CT molecular complexity index is 613. The lowest BCUT2D eigenvalue weighted by molar-refractivity contribution is -0.173. The van der Waals surface area contributed by atoms with Crippen LogP contribution in [0.1, 0.15) is 57.2 Å². The average molecular weight is 344 g/mol. The van der Waals surface area contributed by atoms with Crippen LogP contribution in [0.4, 0.5) is 19.0 Å². The first-order valence-electron chi connectivity index (χ1n) is 8.50. The fraction of sp³-hybridized carbons (Fsp3) is 0.750. The summed E-state index contributed by atoms with van der Waals surface area (Å²) < 4.78 is 40.9. The van der Waals surface area contributed by atoms with Crippen LogP contribution in [-0.2, 0) is 4.79 Å². The fourth-order valence-electron chi connectivity index (χ4n) is 3.58. The minimum atomic E-state index is -4.31. The summed E-state index contributed by atoms with van der Waals surface area (Å²) in [5.41, 5.74) is 0.646. The zero-order valence-electron chi connectivity index (χ0n) is 13.9. The lowest BCUT2D eigenvalue weighted by atomic mass is 10.0. The van der Waals surface area contributed by atoms with Gasteiger partial charge in [-0.25, -0.2) is 4.68 Å². The summed E-state index contributed by atoms with van der Waals surface area (Å²) in [4.78, 5) is 13.8. The summed E-state index contributed by atoms with van der Waals surface area (Å²) in [6, 6.07) is -0.121. The molecule has 0 aliphatic carbocycles. The SMILES string of the molecule is CCCC(=O)N1CC[C@H](c2cc3n(n2)[C@@H](C(F)(F)F)C[C@@H](C)N3)C1. The summed E-state index contributed by atoms with van der Waals surface area (Å²) in [6.45, 7) is 4.90. The molecular formula is C16H23F3N4O. The fourth-order valence-corrected chi connectivity index (χ4v) is 3.58. The molecule has 8 heteroatoms. The molecule has 0 unspecified atom stereocenters. The Morgan fingerprint density at radius 3 is 2.88 bits per heavy atom. The van der Waals surface area contributed by atoms with Crippen LogP contribution in [0.3, 0.4) is 0 Å². The Labute approximate surface area is 139 Å². The maximum atomic E-state index is 13.3. The van der Waals surface area contributed by atoms with Gasteiger partial charge in [0, 0.05) is 37.5 Å². The van der Waals surface area contributed by atoms with Crippen molar-refractivity contribution in [3.63, 3.8) is 0 Å². The van der Waals surface area contributed by atoms with Gasteiger partial charge < -0.3 is 10.2 Å². The van der Waals surface area contributed by atoms with E-state index in [0.29, 0.717) is 31.0 Å². The topological polar surface area (TPSA) is 50.2 Å². The second kappa shape index (κ2) is 6.29. The zero-order valence-corrected chi connectivity index (χ0v) is 13.9. The van der Waals surface area contributed by atoms with Gasteiger partial charge in [0.05, 0.1) is 5.69 Å². The molecule has 0 saturated carbocycles. The molecule has 0 spiro atoms. The third-order valence-corrected chi connectivity index (χ3v) is 4.82. The molecule has 3 heterocycles. The van der Waals surface area contributed by atoms with Gasteiger partial charge in [-0.05, 0) is 26.2 Å². The molecule has 1 N–H and O–H groups in total. The average Bonchev–Trinajstić information content (AvgIpc) is 3.11. The quantitative estimate of drug-likeness (QED) is 0.915. The predicted molar refractivity (Wildman–Crippen MR) is 83.9 cm³/mol. The monoisotopic (exact) mass is 344 g/mol. The van der Waals surface area contributed by atoms with Crippen molar-refractivity contribution >= 4 is 11.7 Å². The lowest BCUT2D eigenvalue weighted by Gasteiger charge is -2.31. The van der Waals surface area contributed by atoms with Gasteiger partial charge in [-0.1, -0.05) is 6.92 Å². The van der Waals surface area contributed by atoms with E-state index in [1.807, 2.05) is 6.92 Å². The molecule has 3 rings (SSSR count). The number of nitrogens with zero attached hydrogens (tertiary/aromatic N) is 3. The van der Waals surface area contributed by atoms with Crippen LogP contribution in [0, 0.1) is 0 Å². The summed E-state index contributed by atoms with van der Waals surface area (Å²) >= 11 is 0. The molecule has 1 fully saturated rings. The van der Waals surface area contributed by atoms with Gasteiger partial charge in [0.1, 0.15) is 5.82 Å². The van der Waals surface area contributed by atoms with Crippen molar-refractivity contribution in [3.8, 4) is 0 Å². The number of likely N-dealkylation sites (tertiary alicyclic amines) is 1. The summed E-state index contributed by atoms with van der Waals surface area (Å²) in [6.07, 6.45) is -2.27. The first kappa shape index (κ1) is 17.1. The molecule has 134 valence electrons. The number of hydrogen-bond acceptors (Lipinski definition) is 3. The number of carbonyl (C=O) groups excluding carboxylic acids is 1. The Hall–Kier alpha value is -1.73. The third kappa shape index (κ3) is 3.23. The van der Waals surface area contributed by atoms with Gasteiger partial charge in [0.15, 0.2) is 6.04 Å². The van der Waals surface area contributed by atoms with E-state index >= 15 is 0 Å². The highest BCUT2D eigenvalue weighted by Gasteiger charge is 2.46. The minimum absolute atomic E-state index is 0.00916. The van der Waals surface area contributed by atoms with Crippen molar-refractivity contribution in [2.24, 2.45) is 0 Å². The third-order valence-electron chi connectivity index (χ3n) is 4.82. The number of amides is 1. The molecule has 1 aromatic rings. The standard InChI is InChI=1S/C16H23F3N4O/c1-3-4-15(24)22-6-5-11(9-22)12-8-14-20-10(2)7-13(16(17,18)19)23(14)21-12/h8,10-11,13,20H,3-7,9H2,1-2H3/t10-,11+,13-/m1/s1. The largest absolute Gasteiger partial charge is 0.410 e. The van der Waals surface area contributed by atoms with Gasteiger partial charge in [0.25, 0.3) is 0 Å². The molecule has 1 aromatic heterocycles. The molecule has 3 atom stereocenters. The van der Waals surface area contributed by atoms with Crippen LogP contribution >= 0.6 is 0 Å². The first-order valence-corrected chi connectivity index (χ1v) is 8.50. The van der Waals surface area contributed by atoms with Crippen LogP contribution in [-0.4, -0.2) is 45.9 Å². The van der Waals surface area contributed by atoms with Crippen molar-refractivity contribution in [1.82, 2.24) is 14.7 Å². The molecule has 24 heavy (non-hydrogen) atoms. The molecule has 2 aliphatic heterocycles. The predicted octanol–water partition coefficient (Wildman–Crippen LogP) is 3.31. The van der Waals surface area contributed by atoms with Crippen LogP contribution < -0.4 is 5.32 Å². The molecule has 1 saturated heterocycles. The van der Waals surface area contributed by atoms with E-state index in [1.54, 1.807) is 17.9 Å². The Balaban J connectivity index is 1.79. The Kier molecular flexibility index (Phi) is 4.48. The number of rotatable bonds is 3. The smallest absolute Gasteiger partial charge is 0.368 e. The van der Waals surface area contributed by atoms with Gasteiger partial charge >= 0.3 is 6.18 Å². The van der Waals surface area contributed by atoms with Crippen molar-refractivity contribution in [2.45, 2.75) is 63.7 Å². The van der Waals surface area contributed by atoms with Crippen LogP contribution in [0.15, 0.2) is 6.07 Å². The molecule has 2 aliphatic rings. The van der Waals surface area contributed by atoms with E-state index in [-0.39, 0.29) is 24.3 Å².